The molecule has 0 saturated carbocycles. The van der Waals surface area contributed by atoms with Crippen LogP contribution in [0.1, 0.15) is 12.5 Å². The number of amides is 2. The van der Waals surface area contributed by atoms with Gasteiger partial charge in [0.05, 0.1) is 11.9 Å². The highest BCUT2D eigenvalue weighted by Gasteiger charge is 2.21. The van der Waals surface area contributed by atoms with Crippen LogP contribution in [0, 0.1) is 6.92 Å². The largest absolute Gasteiger partial charge is 0.326 e. The van der Waals surface area contributed by atoms with Gasteiger partial charge >= 0.3 is 0 Å². The van der Waals surface area contributed by atoms with Gasteiger partial charge < -0.3 is 10.6 Å². The number of carbonyl (C=O) groups is 2. The molecule has 0 aliphatic carbocycles. The molecule has 2 amide bonds. The van der Waals surface area contributed by atoms with Gasteiger partial charge in [-0.15, -0.1) is 0 Å². The topological polar surface area (TPSA) is 95.6 Å². The van der Waals surface area contributed by atoms with Crippen molar-refractivity contribution in [3.8, 4) is 0 Å². The molecule has 0 aliphatic rings. The lowest BCUT2D eigenvalue weighted by atomic mass is 10.2. The highest BCUT2D eigenvalue weighted by molar-refractivity contribution is 7.92. The van der Waals surface area contributed by atoms with Crippen LogP contribution in [-0.2, 0) is 19.6 Å². The normalized spacial score (nSPS) is 10.9. The summed E-state index contributed by atoms with van der Waals surface area (Å²) in [5.41, 5.74) is 2.52. The van der Waals surface area contributed by atoms with Gasteiger partial charge in [-0.1, -0.05) is 17.7 Å². The molecule has 8 heteroatoms. The molecule has 7 nitrogen and oxygen atoms in total. The van der Waals surface area contributed by atoms with Crippen molar-refractivity contribution in [2.24, 2.45) is 0 Å². The smallest absolute Gasteiger partial charge is 0.245 e. The van der Waals surface area contributed by atoms with E-state index < -0.39 is 15.9 Å². The molecule has 0 unspecified atom stereocenters. The number of carbonyl (C=O) groups excluding carboxylic acids is 2. The average Bonchev–Trinajstić information content (AvgIpc) is 2.54. The molecule has 0 aliphatic heterocycles. The molecule has 0 heterocycles. The number of anilines is 3. The van der Waals surface area contributed by atoms with E-state index >= 15 is 0 Å². The molecule has 0 atom stereocenters. The van der Waals surface area contributed by atoms with E-state index in [0.29, 0.717) is 17.1 Å². The van der Waals surface area contributed by atoms with Crippen molar-refractivity contribution in [3.63, 3.8) is 0 Å². The van der Waals surface area contributed by atoms with E-state index in [9.17, 15) is 18.0 Å². The van der Waals surface area contributed by atoms with Crippen LogP contribution in [0.3, 0.4) is 0 Å². The predicted octanol–water partition coefficient (Wildman–Crippen LogP) is 2.36. The summed E-state index contributed by atoms with van der Waals surface area (Å²) < 4.78 is 25.2. The third-order valence-corrected chi connectivity index (χ3v) is 4.64. The molecule has 2 aromatic carbocycles. The first-order valence-electron chi connectivity index (χ1n) is 7.87. The zero-order valence-corrected chi connectivity index (χ0v) is 15.6. The Morgan fingerprint density at radius 1 is 0.923 bits per heavy atom. The van der Waals surface area contributed by atoms with Crippen LogP contribution < -0.4 is 14.9 Å². The van der Waals surface area contributed by atoms with Gasteiger partial charge in [0.25, 0.3) is 0 Å². The van der Waals surface area contributed by atoms with Gasteiger partial charge in [0.15, 0.2) is 0 Å². The standard InChI is InChI=1S/C18H21N3O4S/c1-13-4-6-16(7-5-13)20-18(23)12-21(26(3,24)25)17-10-8-15(9-11-17)19-14(2)22/h4-11H,12H2,1-3H3,(H,19,22)(H,20,23). The summed E-state index contributed by atoms with van der Waals surface area (Å²) in [6.45, 7) is 2.96. The number of hydrogen-bond donors (Lipinski definition) is 2. The summed E-state index contributed by atoms with van der Waals surface area (Å²) in [4.78, 5) is 23.3. The molecule has 26 heavy (non-hydrogen) atoms. The minimum absolute atomic E-state index is 0.227. The Balaban J connectivity index is 2.16. The molecule has 0 fully saturated rings. The van der Waals surface area contributed by atoms with Gasteiger partial charge in [-0.05, 0) is 43.3 Å². The summed E-state index contributed by atoms with van der Waals surface area (Å²) in [5.74, 6) is -0.680. The van der Waals surface area contributed by atoms with Crippen molar-refractivity contribution in [1.82, 2.24) is 0 Å². The Bertz CT molecular complexity index is 891. The zero-order chi connectivity index (χ0) is 19.3. The van der Waals surface area contributed by atoms with Crippen LogP contribution in [0.2, 0.25) is 0 Å². The second-order valence-electron chi connectivity index (χ2n) is 5.91. The fourth-order valence-corrected chi connectivity index (χ4v) is 3.14. The fourth-order valence-electron chi connectivity index (χ4n) is 2.28. The van der Waals surface area contributed by atoms with Gasteiger partial charge in [0, 0.05) is 18.3 Å². The van der Waals surface area contributed by atoms with Crippen molar-refractivity contribution in [2.45, 2.75) is 13.8 Å². The Labute approximate surface area is 153 Å². The van der Waals surface area contributed by atoms with Crippen molar-refractivity contribution >= 4 is 38.9 Å². The summed E-state index contributed by atoms with van der Waals surface area (Å²) in [7, 11) is -3.66. The van der Waals surface area contributed by atoms with E-state index in [1.807, 2.05) is 19.1 Å². The van der Waals surface area contributed by atoms with Gasteiger partial charge in [-0.25, -0.2) is 8.42 Å². The van der Waals surface area contributed by atoms with Crippen LogP contribution in [-0.4, -0.2) is 33.0 Å². The molecular weight excluding hydrogens is 354 g/mol. The molecule has 138 valence electrons. The Morgan fingerprint density at radius 3 is 1.92 bits per heavy atom. The monoisotopic (exact) mass is 375 g/mol. The number of benzene rings is 2. The first kappa shape index (κ1) is 19.5. The fraction of sp³-hybridized carbons (Fsp3) is 0.222. The first-order valence-corrected chi connectivity index (χ1v) is 9.72. The second kappa shape index (κ2) is 8.01. The molecule has 0 aromatic heterocycles. The highest BCUT2D eigenvalue weighted by atomic mass is 32.2. The average molecular weight is 375 g/mol. The minimum Gasteiger partial charge on any atom is -0.326 e. The summed E-state index contributed by atoms with van der Waals surface area (Å²) in [5, 5.41) is 5.28. The lowest BCUT2D eigenvalue weighted by Gasteiger charge is -2.22. The number of aryl methyl sites for hydroxylation is 1. The number of rotatable bonds is 6. The van der Waals surface area contributed by atoms with Crippen LogP contribution in [0.15, 0.2) is 48.5 Å². The highest BCUT2D eigenvalue weighted by Crippen LogP contribution is 2.20. The number of sulfonamides is 1. The van der Waals surface area contributed by atoms with E-state index in [1.54, 1.807) is 24.3 Å². The number of hydrogen-bond acceptors (Lipinski definition) is 4. The van der Waals surface area contributed by atoms with Gasteiger partial charge in [-0.3, -0.25) is 13.9 Å². The molecule has 2 aromatic rings. The summed E-state index contributed by atoms with van der Waals surface area (Å²) in [6.07, 6.45) is 1.04. The third-order valence-electron chi connectivity index (χ3n) is 3.50. The summed E-state index contributed by atoms with van der Waals surface area (Å²) in [6, 6.07) is 13.4. The van der Waals surface area contributed by atoms with Crippen LogP contribution >= 0.6 is 0 Å². The molecule has 2 rings (SSSR count). The SMILES string of the molecule is CC(=O)Nc1ccc(N(CC(=O)Nc2ccc(C)cc2)S(C)(=O)=O)cc1. The lowest BCUT2D eigenvalue weighted by Crippen LogP contribution is -2.37. The van der Waals surface area contributed by atoms with Crippen molar-refractivity contribution in [2.75, 3.05) is 27.7 Å². The van der Waals surface area contributed by atoms with Crippen LogP contribution in [0.4, 0.5) is 17.1 Å². The van der Waals surface area contributed by atoms with E-state index in [-0.39, 0.29) is 12.5 Å². The van der Waals surface area contributed by atoms with Crippen molar-refractivity contribution < 1.29 is 18.0 Å². The van der Waals surface area contributed by atoms with Crippen molar-refractivity contribution in [1.29, 1.82) is 0 Å². The Morgan fingerprint density at radius 2 is 1.42 bits per heavy atom. The first-order chi connectivity index (χ1) is 12.1. The number of nitrogens with zero attached hydrogens (tertiary/aromatic N) is 1. The van der Waals surface area contributed by atoms with Crippen molar-refractivity contribution in [3.05, 3.63) is 54.1 Å². The third kappa shape index (κ3) is 5.59. The maximum Gasteiger partial charge on any atom is 0.245 e. The Kier molecular flexibility index (Phi) is 5.99. The van der Waals surface area contributed by atoms with Gasteiger partial charge in [-0.2, -0.15) is 0 Å². The number of nitrogens with one attached hydrogen (secondary N) is 2. The maximum absolute atomic E-state index is 12.3. The van der Waals surface area contributed by atoms with Crippen LogP contribution in [0.25, 0.3) is 0 Å². The molecule has 0 saturated heterocycles. The molecular formula is C18H21N3O4S. The van der Waals surface area contributed by atoms with Gasteiger partial charge in [0.1, 0.15) is 6.54 Å². The van der Waals surface area contributed by atoms with Gasteiger partial charge in [0.2, 0.25) is 21.8 Å². The van der Waals surface area contributed by atoms with E-state index in [1.165, 1.54) is 19.1 Å². The van der Waals surface area contributed by atoms with E-state index in [2.05, 4.69) is 10.6 Å². The zero-order valence-electron chi connectivity index (χ0n) is 14.8. The predicted molar refractivity (Wildman–Crippen MR) is 103 cm³/mol. The second-order valence-corrected chi connectivity index (χ2v) is 7.82. The summed E-state index contributed by atoms with van der Waals surface area (Å²) >= 11 is 0. The van der Waals surface area contributed by atoms with E-state index in [0.717, 1.165) is 16.1 Å². The lowest BCUT2D eigenvalue weighted by molar-refractivity contribution is -0.115. The van der Waals surface area contributed by atoms with E-state index in [4.69, 9.17) is 0 Å². The molecule has 0 spiro atoms. The molecule has 0 radical (unpaired) electrons. The quantitative estimate of drug-likeness (QED) is 0.810. The molecule has 0 bridgehead atoms. The molecule has 2 N–H and O–H groups in total. The van der Waals surface area contributed by atoms with Crippen LogP contribution in [0.5, 0.6) is 0 Å². The maximum atomic E-state index is 12.3. The Hall–Kier alpha value is -2.87. The minimum atomic E-state index is -3.66.